The van der Waals surface area contributed by atoms with Crippen molar-refractivity contribution in [3.05, 3.63) is 27.2 Å². The average Bonchev–Trinajstić information content (AvgIpc) is 2.13. The van der Waals surface area contributed by atoms with Gasteiger partial charge in [-0.25, -0.2) is 4.99 Å². The predicted octanol–water partition coefficient (Wildman–Crippen LogP) is 3.29. The highest BCUT2D eigenvalue weighted by Crippen LogP contribution is 2.36. The third-order valence-corrected chi connectivity index (χ3v) is 2.56. The van der Waals surface area contributed by atoms with Crippen molar-refractivity contribution >= 4 is 46.8 Å². The van der Waals surface area contributed by atoms with Gasteiger partial charge in [0, 0.05) is 0 Å². The number of rotatable bonds is 2. The molecule has 1 aromatic carbocycles. The lowest BCUT2D eigenvalue weighted by atomic mass is 10.3. The van der Waals surface area contributed by atoms with E-state index in [2.05, 4.69) is 4.99 Å². The fourth-order valence-electron chi connectivity index (χ4n) is 0.714. The van der Waals surface area contributed by atoms with Crippen molar-refractivity contribution in [3.63, 3.8) is 0 Å². The number of hydrogen-bond acceptors (Lipinski definition) is 2. The molecule has 1 aromatic rings. The summed E-state index contributed by atoms with van der Waals surface area (Å²) in [5, 5.41) is 9.10. The Morgan fingerprint density at radius 2 is 1.92 bits per heavy atom. The molecule has 0 aliphatic heterocycles. The van der Waals surface area contributed by atoms with Crippen LogP contribution in [0.1, 0.15) is 0 Å². The maximum atomic E-state index is 8.24. The van der Waals surface area contributed by atoms with E-state index in [4.69, 9.17) is 40.0 Å². The zero-order valence-corrected chi connectivity index (χ0v) is 8.53. The standard InChI is InChI=1S/C7H5Cl3N2O/c8-4-1-2-5(11-3-12-13)7(10)6(4)9/h1-3,13H,(H,11,12). The number of nitrogens with one attached hydrogen (secondary N) is 1. The topological polar surface area (TPSA) is 44.6 Å². The van der Waals surface area contributed by atoms with E-state index in [1.807, 2.05) is 0 Å². The molecular formula is C7H5Cl3N2O. The zero-order chi connectivity index (χ0) is 9.84. The van der Waals surface area contributed by atoms with E-state index < -0.39 is 0 Å². The Bertz CT molecular complexity index is 341. The van der Waals surface area contributed by atoms with Crippen molar-refractivity contribution in [2.24, 2.45) is 4.99 Å². The van der Waals surface area contributed by atoms with Crippen molar-refractivity contribution in [2.75, 3.05) is 0 Å². The summed E-state index contributed by atoms with van der Waals surface area (Å²) in [5.41, 5.74) is 2.18. The Hall–Kier alpha value is -0.480. The van der Waals surface area contributed by atoms with Gasteiger partial charge in [0.15, 0.2) is 0 Å². The summed E-state index contributed by atoms with van der Waals surface area (Å²) in [5.74, 6) is 0. The maximum Gasteiger partial charge on any atom is 0.113 e. The third-order valence-electron chi connectivity index (χ3n) is 1.28. The zero-order valence-electron chi connectivity index (χ0n) is 6.26. The van der Waals surface area contributed by atoms with Gasteiger partial charge in [0.05, 0.1) is 20.8 Å². The van der Waals surface area contributed by atoms with Gasteiger partial charge in [-0.2, -0.15) is 0 Å². The Labute approximate surface area is 89.9 Å². The van der Waals surface area contributed by atoms with Gasteiger partial charge in [0.2, 0.25) is 0 Å². The van der Waals surface area contributed by atoms with Crippen LogP contribution in [-0.4, -0.2) is 11.5 Å². The van der Waals surface area contributed by atoms with Crippen LogP contribution in [0, 0.1) is 0 Å². The van der Waals surface area contributed by atoms with Gasteiger partial charge >= 0.3 is 0 Å². The average molecular weight is 239 g/mol. The summed E-state index contributed by atoms with van der Waals surface area (Å²) >= 11 is 17.2. The van der Waals surface area contributed by atoms with Crippen LogP contribution < -0.4 is 5.48 Å². The van der Waals surface area contributed by atoms with Gasteiger partial charge in [-0.3, -0.25) is 10.7 Å². The molecule has 3 nitrogen and oxygen atoms in total. The largest absolute Gasteiger partial charge is 0.290 e. The van der Waals surface area contributed by atoms with Crippen LogP contribution in [-0.2, 0) is 0 Å². The highest BCUT2D eigenvalue weighted by Gasteiger charge is 2.06. The minimum absolute atomic E-state index is 0.246. The van der Waals surface area contributed by atoms with Crippen molar-refractivity contribution in [1.29, 1.82) is 0 Å². The van der Waals surface area contributed by atoms with Crippen LogP contribution in [0.25, 0.3) is 0 Å². The molecule has 13 heavy (non-hydrogen) atoms. The molecule has 0 saturated heterocycles. The highest BCUT2D eigenvalue weighted by atomic mass is 35.5. The van der Waals surface area contributed by atoms with Crippen molar-refractivity contribution in [1.82, 2.24) is 5.48 Å². The first kappa shape index (κ1) is 10.6. The van der Waals surface area contributed by atoms with Crippen LogP contribution in [0.2, 0.25) is 15.1 Å². The predicted molar refractivity (Wildman–Crippen MR) is 54.5 cm³/mol. The van der Waals surface area contributed by atoms with Crippen LogP contribution in [0.15, 0.2) is 17.1 Å². The van der Waals surface area contributed by atoms with Crippen LogP contribution in [0.4, 0.5) is 5.69 Å². The lowest BCUT2D eigenvalue weighted by Gasteiger charge is -2.01. The summed E-state index contributed by atoms with van der Waals surface area (Å²) in [6.07, 6.45) is 1.07. The molecule has 0 atom stereocenters. The molecular weight excluding hydrogens is 234 g/mol. The maximum absolute atomic E-state index is 8.24. The lowest BCUT2D eigenvalue weighted by Crippen LogP contribution is -2.00. The molecule has 0 spiro atoms. The number of hydrogen-bond donors (Lipinski definition) is 2. The first-order valence-corrected chi connectivity index (χ1v) is 4.36. The van der Waals surface area contributed by atoms with Gasteiger partial charge in [-0.15, -0.1) is 0 Å². The number of benzene rings is 1. The molecule has 0 radical (unpaired) electrons. The summed E-state index contributed by atoms with van der Waals surface area (Å²) in [7, 11) is 0. The molecule has 2 N–H and O–H groups in total. The third kappa shape index (κ3) is 2.48. The molecule has 0 unspecified atom stereocenters. The summed E-state index contributed by atoms with van der Waals surface area (Å²) in [6, 6.07) is 3.16. The quantitative estimate of drug-likeness (QED) is 0.360. The molecule has 0 bridgehead atoms. The molecule has 0 aromatic heterocycles. The molecule has 70 valence electrons. The van der Waals surface area contributed by atoms with E-state index >= 15 is 0 Å². The molecule has 0 heterocycles. The van der Waals surface area contributed by atoms with Crippen molar-refractivity contribution < 1.29 is 5.21 Å². The van der Waals surface area contributed by atoms with Gasteiger partial charge in [0.25, 0.3) is 0 Å². The second-order valence-corrected chi connectivity index (χ2v) is 3.24. The van der Waals surface area contributed by atoms with E-state index in [9.17, 15) is 0 Å². The fraction of sp³-hybridized carbons (Fsp3) is 0. The molecule has 0 fully saturated rings. The first-order valence-electron chi connectivity index (χ1n) is 3.22. The molecule has 0 saturated carbocycles. The Balaban J connectivity index is 3.11. The second-order valence-electron chi connectivity index (χ2n) is 2.08. The number of hydroxylamine groups is 1. The molecule has 6 heteroatoms. The lowest BCUT2D eigenvalue weighted by molar-refractivity contribution is 0.240. The summed E-state index contributed by atoms with van der Waals surface area (Å²) in [4.78, 5) is 3.77. The van der Waals surface area contributed by atoms with E-state index in [0.29, 0.717) is 10.7 Å². The summed E-state index contributed by atoms with van der Waals surface area (Å²) in [6.45, 7) is 0. The normalized spacial score (nSPS) is 10.8. The minimum Gasteiger partial charge on any atom is -0.290 e. The van der Waals surface area contributed by atoms with E-state index in [1.165, 1.54) is 0 Å². The molecule has 0 amide bonds. The van der Waals surface area contributed by atoms with Crippen LogP contribution in [0.5, 0.6) is 0 Å². The Morgan fingerprint density at radius 3 is 2.54 bits per heavy atom. The summed E-state index contributed by atoms with van der Waals surface area (Å²) < 4.78 is 0. The first-order chi connectivity index (χ1) is 6.16. The minimum atomic E-state index is 0.246. The van der Waals surface area contributed by atoms with Crippen LogP contribution in [0.3, 0.4) is 0 Å². The number of aliphatic imine (C=N–C) groups is 1. The SMILES string of the molecule is ONC=Nc1ccc(Cl)c(Cl)c1Cl. The van der Waals surface area contributed by atoms with Gasteiger partial charge < -0.3 is 0 Å². The van der Waals surface area contributed by atoms with Gasteiger partial charge in [-0.1, -0.05) is 34.8 Å². The van der Waals surface area contributed by atoms with E-state index in [-0.39, 0.29) is 10.0 Å². The molecule has 0 aliphatic carbocycles. The van der Waals surface area contributed by atoms with E-state index in [1.54, 1.807) is 17.6 Å². The molecule has 1 rings (SSSR count). The number of halogens is 3. The van der Waals surface area contributed by atoms with Crippen molar-refractivity contribution in [3.8, 4) is 0 Å². The van der Waals surface area contributed by atoms with Crippen molar-refractivity contribution in [2.45, 2.75) is 0 Å². The van der Waals surface area contributed by atoms with Gasteiger partial charge in [0.1, 0.15) is 6.34 Å². The Kier molecular flexibility index (Phi) is 3.81. The monoisotopic (exact) mass is 238 g/mol. The fourth-order valence-corrected chi connectivity index (χ4v) is 1.29. The Morgan fingerprint density at radius 1 is 1.23 bits per heavy atom. The van der Waals surface area contributed by atoms with Crippen LogP contribution >= 0.6 is 34.8 Å². The van der Waals surface area contributed by atoms with Gasteiger partial charge in [-0.05, 0) is 12.1 Å². The number of nitrogens with zero attached hydrogens (tertiary/aromatic N) is 1. The smallest absolute Gasteiger partial charge is 0.113 e. The highest BCUT2D eigenvalue weighted by molar-refractivity contribution is 6.49. The second kappa shape index (κ2) is 4.67. The van der Waals surface area contributed by atoms with E-state index in [0.717, 1.165) is 6.34 Å². The molecule has 0 aliphatic rings.